The zero-order valence-corrected chi connectivity index (χ0v) is 12.0. The molecule has 18 heavy (non-hydrogen) atoms. The van der Waals surface area contributed by atoms with Crippen molar-refractivity contribution in [1.29, 1.82) is 0 Å². The lowest BCUT2D eigenvalue weighted by Gasteiger charge is -2.33. The van der Waals surface area contributed by atoms with Crippen molar-refractivity contribution in [2.45, 2.75) is 57.9 Å². The lowest BCUT2D eigenvalue weighted by molar-refractivity contribution is -0.133. The summed E-state index contributed by atoms with van der Waals surface area (Å²) in [5.74, 6) is 1.74. The van der Waals surface area contributed by atoms with Gasteiger partial charge in [-0.1, -0.05) is 26.2 Å². The maximum atomic E-state index is 12.4. The summed E-state index contributed by atoms with van der Waals surface area (Å²) in [4.78, 5) is 14.4. The molecule has 1 saturated carbocycles. The van der Waals surface area contributed by atoms with Gasteiger partial charge in [0.2, 0.25) is 5.91 Å². The normalized spacial score (nSPS) is 30.1. The number of nitrogens with one attached hydrogen (secondary N) is 1. The highest BCUT2D eigenvalue weighted by atomic mass is 16.2. The van der Waals surface area contributed by atoms with E-state index in [4.69, 9.17) is 0 Å². The fourth-order valence-electron chi connectivity index (χ4n) is 3.41. The fraction of sp³-hybridized carbons (Fsp3) is 0.933. The molecule has 0 aromatic heterocycles. The van der Waals surface area contributed by atoms with Crippen LogP contribution in [0.4, 0.5) is 0 Å². The molecule has 0 spiro atoms. The summed E-state index contributed by atoms with van der Waals surface area (Å²) >= 11 is 0. The molecule has 3 nitrogen and oxygen atoms in total. The number of carbonyl (C=O) groups excluding carboxylic acids is 1. The van der Waals surface area contributed by atoms with Crippen LogP contribution in [-0.4, -0.2) is 37.0 Å². The molecule has 2 unspecified atom stereocenters. The van der Waals surface area contributed by atoms with Crippen molar-refractivity contribution in [3.63, 3.8) is 0 Å². The van der Waals surface area contributed by atoms with Crippen molar-refractivity contribution < 1.29 is 4.79 Å². The largest absolute Gasteiger partial charge is 0.344 e. The van der Waals surface area contributed by atoms with E-state index in [2.05, 4.69) is 12.2 Å². The molecule has 3 heteroatoms. The summed E-state index contributed by atoms with van der Waals surface area (Å²) in [6, 6.07) is 0.0716. The van der Waals surface area contributed by atoms with E-state index in [0.717, 1.165) is 25.4 Å². The molecule has 1 heterocycles. The molecule has 1 amide bonds. The summed E-state index contributed by atoms with van der Waals surface area (Å²) in [6.45, 7) is 4.21. The molecule has 0 aromatic rings. The number of hydrogen-bond acceptors (Lipinski definition) is 2. The van der Waals surface area contributed by atoms with Crippen molar-refractivity contribution in [1.82, 2.24) is 10.2 Å². The van der Waals surface area contributed by atoms with E-state index in [9.17, 15) is 4.79 Å². The molecule has 0 bridgehead atoms. The highest BCUT2D eigenvalue weighted by Gasteiger charge is 2.28. The zero-order chi connectivity index (χ0) is 13.0. The number of piperidine rings is 1. The Morgan fingerprint density at radius 1 is 1.22 bits per heavy atom. The Hall–Kier alpha value is -0.570. The molecule has 104 valence electrons. The molecule has 2 rings (SSSR count). The Morgan fingerprint density at radius 2 is 1.94 bits per heavy atom. The van der Waals surface area contributed by atoms with Crippen LogP contribution in [0.3, 0.4) is 0 Å². The molecule has 1 aliphatic heterocycles. The van der Waals surface area contributed by atoms with Crippen LogP contribution in [0.5, 0.6) is 0 Å². The van der Waals surface area contributed by atoms with E-state index in [1.54, 1.807) is 0 Å². The third-order valence-electron chi connectivity index (χ3n) is 4.60. The minimum atomic E-state index is 0.0716. The highest BCUT2D eigenvalue weighted by molar-refractivity contribution is 5.81. The first-order valence-electron chi connectivity index (χ1n) is 7.65. The molecule has 2 fully saturated rings. The first-order chi connectivity index (χ1) is 8.66. The molecule has 1 saturated heterocycles. The van der Waals surface area contributed by atoms with Gasteiger partial charge in [-0.2, -0.15) is 0 Å². The number of hydrogen-bond donors (Lipinski definition) is 1. The topological polar surface area (TPSA) is 32.3 Å². The van der Waals surface area contributed by atoms with Gasteiger partial charge >= 0.3 is 0 Å². The zero-order valence-electron chi connectivity index (χ0n) is 12.0. The van der Waals surface area contributed by atoms with Crippen molar-refractivity contribution in [2.24, 2.45) is 11.8 Å². The van der Waals surface area contributed by atoms with Gasteiger partial charge in [0, 0.05) is 13.6 Å². The first kappa shape index (κ1) is 13.9. The van der Waals surface area contributed by atoms with Crippen LogP contribution in [0, 0.1) is 11.8 Å². The number of amides is 1. The minimum Gasteiger partial charge on any atom is -0.344 e. The van der Waals surface area contributed by atoms with E-state index < -0.39 is 0 Å². The second-order valence-electron chi connectivity index (χ2n) is 6.36. The van der Waals surface area contributed by atoms with Gasteiger partial charge < -0.3 is 10.2 Å². The summed E-state index contributed by atoms with van der Waals surface area (Å²) in [5, 5.41) is 3.38. The van der Waals surface area contributed by atoms with E-state index in [1.807, 2.05) is 11.9 Å². The SMILES string of the molecule is CC1CCNC(C(=O)N(C)CC2CCCCC2)C1. The van der Waals surface area contributed by atoms with Crippen molar-refractivity contribution in [3.05, 3.63) is 0 Å². The average Bonchev–Trinajstić information content (AvgIpc) is 2.39. The van der Waals surface area contributed by atoms with Crippen molar-refractivity contribution >= 4 is 5.91 Å². The lowest BCUT2D eigenvalue weighted by Crippen LogP contribution is -2.49. The van der Waals surface area contributed by atoms with Crippen LogP contribution in [0.25, 0.3) is 0 Å². The maximum absolute atomic E-state index is 12.4. The number of carbonyl (C=O) groups is 1. The van der Waals surface area contributed by atoms with Gasteiger partial charge in [0.25, 0.3) is 0 Å². The van der Waals surface area contributed by atoms with Gasteiger partial charge in [-0.15, -0.1) is 0 Å². The molecule has 2 aliphatic rings. The second kappa shape index (κ2) is 6.55. The molecular weight excluding hydrogens is 224 g/mol. The van der Waals surface area contributed by atoms with Crippen LogP contribution < -0.4 is 5.32 Å². The monoisotopic (exact) mass is 252 g/mol. The Kier molecular flexibility index (Phi) is 5.04. The summed E-state index contributed by atoms with van der Waals surface area (Å²) in [5.41, 5.74) is 0. The minimum absolute atomic E-state index is 0.0716. The second-order valence-corrected chi connectivity index (χ2v) is 6.36. The van der Waals surface area contributed by atoms with Gasteiger partial charge in [0.15, 0.2) is 0 Å². The van der Waals surface area contributed by atoms with E-state index in [1.165, 1.54) is 38.5 Å². The molecular formula is C15H28N2O. The first-order valence-corrected chi connectivity index (χ1v) is 7.65. The smallest absolute Gasteiger partial charge is 0.239 e. The molecule has 1 aliphatic carbocycles. The van der Waals surface area contributed by atoms with E-state index in [-0.39, 0.29) is 6.04 Å². The van der Waals surface area contributed by atoms with Gasteiger partial charge in [-0.3, -0.25) is 4.79 Å². The predicted octanol–water partition coefficient (Wildman–Crippen LogP) is 2.41. The molecule has 0 aromatic carbocycles. The predicted molar refractivity (Wildman–Crippen MR) is 74.4 cm³/mol. The summed E-state index contributed by atoms with van der Waals surface area (Å²) in [6.07, 6.45) is 8.93. The summed E-state index contributed by atoms with van der Waals surface area (Å²) < 4.78 is 0. The molecule has 1 N–H and O–H groups in total. The van der Waals surface area contributed by atoms with Crippen LogP contribution in [-0.2, 0) is 4.79 Å². The average molecular weight is 252 g/mol. The fourth-order valence-corrected chi connectivity index (χ4v) is 3.41. The maximum Gasteiger partial charge on any atom is 0.239 e. The highest BCUT2D eigenvalue weighted by Crippen LogP contribution is 2.24. The quantitative estimate of drug-likeness (QED) is 0.836. The number of rotatable bonds is 3. The van der Waals surface area contributed by atoms with Crippen LogP contribution in [0.15, 0.2) is 0 Å². The van der Waals surface area contributed by atoms with Crippen molar-refractivity contribution in [2.75, 3.05) is 20.1 Å². The molecule has 2 atom stereocenters. The Balaban J connectivity index is 1.79. The van der Waals surface area contributed by atoms with Gasteiger partial charge in [-0.25, -0.2) is 0 Å². The van der Waals surface area contributed by atoms with E-state index in [0.29, 0.717) is 11.8 Å². The third kappa shape index (κ3) is 3.71. The molecule has 0 radical (unpaired) electrons. The Morgan fingerprint density at radius 3 is 2.61 bits per heavy atom. The lowest BCUT2D eigenvalue weighted by atomic mass is 9.88. The Labute approximate surface area is 111 Å². The van der Waals surface area contributed by atoms with Gasteiger partial charge in [0.05, 0.1) is 6.04 Å². The van der Waals surface area contributed by atoms with Crippen LogP contribution in [0.1, 0.15) is 51.9 Å². The summed E-state index contributed by atoms with van der Waals surface area (Å²) in [7, 11) is 1.98. The van der Waals surface area contributed by atoms with Gasteiger partial charge in [-0.05, 0) is 44.1 Å². The Bertz CT molecular complexity index is 274. The van der Waals surface area contributed by atoms with Crippen LogP contribution in [0.2, 0.25) is 0 Å². The van der Waals surface area contributed by atoms with Crippen LogP contribution >= 0.6 is 0 Å². The standard InChI is InChI=1S/C15H28N2O/c1-12-8-9-16-14(10-12)15(18)17(2)11-13-6-4-3-5-7-13/h12-14,16H,3-11H2,1-2H3. The number of likely N-dealkylation sites (N-methyl/N-ethyl adjacent to an activating group) is 1. The van der Waals surface area contributed by atoms with Crippen molar-refractivity contribution in [3.8, 4) is 0 Å². The third-order valence-corrected chi connectivity index (χ3v) is 4.60. The number of nitrogens with zero attached hydrogens (tertiary/aromatic N) is 1. The van der Waals surface area contributed by atoms with E-state index >= 15 is 0 Å². The van der Waals surface area contributed by atoms with Gasteiger partial charge in [0.1, 0.15) is 0 Å².